The van der Waals surface area contributed by atoms with Gasteiger partial charge in [0.15, 0.2) is 5.82 Å². The number of amides is 1. The first-order valence-electron chi connectivity index (χ1n) is 7.10. The van der Waals surface area contributed by atoms with E-state index in [0.29, 0.717) is 30.5 Å². The van der Waals surface area contributed by atoms with Crippen molar-refractivity contribution in [3.05, 3.63) is 41.8 Å². The zero-order valence-electron chi connectivity index (χ0n) is 11.3. The molecule has 2 aliphatic rings. The Balaban J connectivity index is 1.53. The molecule has 1 aliphatic carbocycles. The number of nitrogens with zero attached hydrogens (tertiary/aromatic N) is 3. The second-order valence-electron chi connectivity index (χ2n) is 5.65. The normalized spacial score (nSPS) is 22.0. The van der Waals surface area contributed by atoms with Gasteiger partial charge in [0.1, 0.15) is 5.82 Å². The Labute approximate surface area is 120 Å². The number of carbonyl (C=O) groups is 1. The van der Waals surface area contributed by atoms with Gasteiger partial charge in [-0.3, -0.25) is 4.79 Å². The van der Waals surface area contributed by atoms with E-state index in [9.17, 15) is 9.18 Å². The molecular weight excluding hydrogens is 273 g/mol. The molecule has 2 heterocycles. The fourth-order valence-electron chi connectivity index (χ4n) is 2.66. The Morgan fingerprint density at radius 2 is 1.95 bits per heavy atom. The smallest absolute Gasteiger partial charge is 0.232 e. The van der Waals surface area contributed by atoms with E-state index in [1.807, 2.05) is 0 Å². The second kappa shape index (κ2) is 4.65. The first-order valence-corrected chi connectivity index (χ1v) is 7.10. The van der Waals surface area contributed by atoms with Crippen LogP contribution in [0.5, 0.6) is 0 Å². The Morgan fingerprint density at radius 1 is 1.19 bits per heavy atom. The Hall–Kier alpha value is -2.24. The van der Waals surface area contributed by atoms with E-state index < -0.39 is 0 Å². The van der Waals surface area contributed by atoms with Crippen molar-refractivity contribution in [2.75, 3.05) is 11.4 Å². The molecule has 1 saturated heterocycles. The molecule has 21 heavy (non-hydrogen) atoms. The van der Waals surface area contributed by atoms with E-state index in [0.717, 1.165) is 18.7 Å². The highest BCUT2D eigenvalue weighted by molar-refractivity contribution is 5.96. The lowest BCUT2D eigenvalue weighted by atomic mass is 10.1. The maximum Gasteiger partial charge on any atom is 0.232 e. The number of aromatic nitrogens is 2. The van der Waals surface area contributed by atoms with Gasteiger partial charge in [-0.25, -0.2) is 4.39 Å². The molecule has 2 fully saturated rings. The van der Waals surface area contributed by atoms with Crippen molar-refractivity contribution < 1.29 is 13.7 Å². The minimum Gasteiger partial charge on any atom is -0.339 e. The van der Waals surface area contributed by atoms with Crippen LogP contribution in [0, 0.1) is 5.82 Å². The predicted molar refractivity (Wildman–Crippen MR) is 72.4 cm³/mol. The van der Waals surface area contributed by atoms with Crippen molar-refractivity contribution in [2.24, 2.45) is 0 Å². The van der Waals surface area contributed by atoms with Gasteiger partial charge in [0.2, 0.25) is 11.8 Å². The molecule has 1 amide bonds. The van der Waals surface area contributed by atoms with E-state index in [4.69, 9.17) is 4.52 Å². The zero-order valence-corrected chi connectivity index (χ0v) is 11.3. The monoisotopic (exact) mass is 287 g/mol. The third kappa shape index (κ3) is 2.30. The summed E-state index contributed by atoms with van der Waals surface area (Å²) in [6.45, 7) is 0.497. The van der Waals surface area contributed by atoms with Crippen LogP contribution < -0.4 is 4.90 Å². The third-order valence-electron chi connectivity index (χ3n) is 4.01. The maximum atomic E-state index is 13.0. The molecule has 2 aromatic rings. The molecule has 5 nitrogen and oxygen atoms in total. The molecule has 108 valence electrons. The number of halogens is 1. The van der Waals surface area contributed by atoms with Crippen LogP contribution in [0.25, 0.3) is 0 Å². The Kier molecular flexibility index (Phi) is 2.77. The molecule has 0 bridgehead atoms. The molecule has 1 aromatic carbocycles. The summed E-state index contributed by atoms with van der Waals surface area (Å²) >= 11 is 0. The van der Waals surface area contributed by atoms with Crippen molar-refractivity contribution >= 4 is 11.6 Å². The summed E-state index contributed by atoms with van der Waals surface area (Å²) in [4.78, 5) is 18.2. The van der Waals surface area contributed by atoms with Crippen LogP contribution >= 0.6 is 0 Å². The minimum atomic E-state index is -0.312. The number of rotatable bonds is 3. The number of carbonyl (C=O) groups excluding carboxylic acids is 1. The van der Waals surface area contributed by atoms with Gasteiger partial charge in [0, 0.05) is 24.6 Å². The third-order valence-corrected chi connectivity index (χ3v) is 4.01. The summed E-state index contributed by atoms with van der Waals surface area (Å²) in [6.07, 6.45) is 2.58. The first kappa shape index (κ1) is 12.5. The number of benzene rings is 1. The van der Waals surface area contributed by atoms with Crippen LogP contribution in [0.3, 0.4) is 0 Å². The van der Waals surface area contributed by atoms with E-state index in [-0.39, 0.29) is 17.6 Å². The highest BCUT2D eigenvalue weighted by Crippen LogP contribution is 2.39. The lowest BCUT2D eigenvalue weighted by Gasteiger charge is -2.15. The fourth-order valence-corrected chi connectivity index (χ4v) is 2.66. The summed E-state index contributed by atoms with van der Waals surface area (Å²) in [5.41, 5.74) is 0.700. The molecule has 0 spiro atoms. The van der Waals surface area contributed by atoms with Crippen LogP contribution in [0.1, 0.15) is 42.8 Å². The topological polar surface area (TPSA) is 59.2 Å². The fraction of sp³-hybridized carbons (Fsp3) is 0.400. The average Bonchev–Trinajstić information content (AvgIpc) is 3.08. The van der Waals surface area contributed by atoms with Crippen LogP contribution in [0.4, 0.5) is 10.1 Å². The summed E-state index contributed by atoms with van der Waals surface area (Å²) < 4.78 is 18.3. The zero-order chi connectivity index (χ0) is 14.4. The lowest BCUT2D eigenvalue weighted by molar-refractivity contribution is -0.117. The summed E-state index contributed by atoms with van der Waals surface area (Å²) in [6, 6.07) is 5.93. The van der Waals surface area contributed by atoms with E-state index in [2.05, 4.69) is 10.1 Å². The number of hydrogen-bond donors (Lipinski definition) is 0. The molecule has 4 rings (SSSR count). The van der Waals surface area contributed by atoms with Crippen LogP contribution in [0.2, 0.25) is 0 Å². The molecule has 1 unspecified atom stereocenters. The summed E-state index contributed by atoms with van der Waals surface area (Å²) in [7, 11) is 0. The van der Waals surface area contributed by atoms with Crippen molar-refractivity contribution in [3.63, 3.8) is 0 Å². The first-order chi connectivity index (χ1) is 10.2. The standard InChI is InChI=1S/C15H14FN3O2/c16-11-3-5-12(6-4-11)19-8-10(7-13(19)20)15-17-14(18-21-15)9-1-2-9/h3-6,9-10H,1-2,7-8H2. The highest BCUT2D eigenvalue weighted by Gasteiger charge is 2.36. The minimum absolute atomic E-state index is 0.00206. The van der Waals surface area contributed by atoms with Gasteiger partial charge in [-0.15, -0.1) is 0 Å². The Morgan fingerprint density at radius 3 is 2.67 bits per heavy atom. The largest absolute Gasteiger partial charge is 0.339 e. The van der Waals surface area contributed by atoms with Crippen molar-refractivity contribution in [1.82, 2.24) is 10.1 Å². The molecule has 1 aliphatic heterocycles. The second-order valence-corrected chi connectivity index (χ2v) is 5.65. The molecule has 6 heteroatoms. The molecule has 1 saturated carbocycles. The van der Waals surface area contributed by atoms with E-state index in [1.165, 1.54) is 12.1 Å². The van der Waals surface area contributed by atoms with Gasteiger partial charge in [-0.1, -0.05) is 5.16 Å². The van der Waals surface area contributed by atoms with Gasteiger partial charge in [0.25, 0.3) is 0 Å². The van der Waals surface area contributed by atoms with Crippen LogP contribution in [0.15, 0.2) is 28.8 Å². The predicted octanol–water partition coefficient (Wildman–Crippen LogP) is 2.61. The van der Waals surface area contributed by atoms with Gasteiger partial charge >= 0.3 is 0 Å². The molecule has 0 radical (unpaired) electrons. The quantitative estimate of drug-likeness (QED) is 0.870. The SMILES string of the molecule is O=C1CC(c2nc(C3CC3)no2)CN1c1ccc(F)cc1. The van der Waals surface area contributed by atoms with Gasteiger partial charge in [0.05, 0.1) is 5.92 Å². The van der Waals surface area contributed by atoms with Crippen LogP contribution in [-0.4, -0.2) is 22.6 Å². The van der Waals surface area contributed by atoms with Gasteiger partial charge < -0.3 is 9.42 Å². The van der Waals surface area contributed by atoms with E-state index >= 15 is 0 Å². The summed E-state index contributed by atoms with van der Waals surface area (Å²) in [5, 5.41) is 3.99. The maximum absolute atomic E-state index is 13.0. The van der Waals surface area contributed by atoms with Gasteiger partial charge in [-0.2, -0.15) is 4.98 Å². The Bertz CT molecular complexity index is 678. The summed E-state index contributed by atoms with van der Waals surface area (Å²) in [5.74, 6) is 1.34. The number of hydrogen-bond acceptors (Lipinski definition) is 4. The molecule has 1 atom stereocenters. The lowest BCUT2D eigenvalue weighted by Crippen LogP contribution is -2.24. The highest BCUT2D eigenvalue weighted by atomic mass is 19.1. The van der Waals surface area contributed by atoms with E-state index in [1.54, 1.807) is 17.0 Å². The molecule has 0 N–H and O–H groups in total. The average molecular weight is 287 g/mol. The van der Waals surface area contributed by atoms with Crippen molar-refractivity contribution in [3.8, 4) is 0 Å². The van der Waals surface area contributed by atoms with Crippen molar-refractivity contribution in [1.29, 1.82) is 0 Å². The van der Waals surface area contributed by atoms with Gasteiger partial charge in [-0.05, 0) is 37.1 Å². The van der Waals surface area contributed by atoms with Crippen molar-refractivity contribution in [2.45, 2.75) is 31.1 Å². The molecule has 1 aromatic heterocycles. The van der Waals surface area contributed by atoms with Crippen LogP contribution in [-0.2, 0) is 4.79 Å². The number of anilines is 1. The molecular formula is C15H14FN3O2.